The van der Waals surface area contributed by atoms with Crippen LogP contribution in [0.2, 0.25) is 0 Å². The number of benzene rings is 1. The molecule has 6 nitrogen and oxygen atoms in total. The molecule has 6 heteroatoms. The number of carbonyl (C=O) groups is 1. The minimum Gasteiger partial charge on any atom is -0.366 e. The van der Waals surface area contributed by atoms with Gasteiger partial charge in [-0.1, -0.05) is 24.3 Å². The average Bonchev–Trinajstić information content (AvgIpc) is 2.69. The van der Waals surface area contributed by atoms with Gasteiger partial charge in [0.2, 0.25) is 0 Å². The number of pyridine rings is 2. The summed E-state index contributed by atoms with van der Waals surface area (Å²) in [4.78, 5) is 25.2. The molecule has 0 saturated carbocycles. The highest BCUT2D eigenvalue weighted by atomic mass is 16.2. The van der Waals surface area contributed by atoms with E-state index in [0.717, 1.165) is 35.5 Å². The van der Waals surface area contributed by atoms with E-state index < -0.39 is 0 Å². The number of hydrogen-bond donors (Lipinski definition) is 1. The number of aromatic nitrogens is 2. The van der Waals surface area contributed by atoms with Crippen molar-refractivity contribution in [3.8, 4) is 0 Å². The summed E-state index contributed by atoms with van der Waals surface area (Å²) in [5.74, 6) is 0. The van der Waals surface area contributed by atoms with Crippen molar-refractivity contribution in [1.29, 1.82) is 0 Å². The highest BCUT2D eigenvalue weighted by Crippen LogP contribution is 2.26. The van der Waals surface area contributed by atoms with E-state index in [9.17, 15) is 4.79 Å². The van der Waals surface area contributed by atoms with Gasteiger partial charge in [0, 0.05) is 48.8 Å². The number of nitrogens with one attached hydrogen (secondary N) is 1. The first-order chi connectivity index (χ1) is 12.7. The first-order valence-electron chi connectivity index (χ1n) is 8.77. The predicted molar refractivity (Wildman–Crippen MR) is 104 cm³/mol. The Labute approximate surface area is 152 Å². The maximum absolute atomic E-state index is 12.5. The maximum atomic E-state index is 12.5. The molecular weight excluding hydrogens is 326 g/mol. The molecule has 132 valence electrons. The van der Waals surface area contributed by atoms with Crippen LogP contribution < -0.4 is 10.2 Å². The van der Waals surface area contributed by atoms with E-state index in [2.05, 4.69) is 32.3 Å². The van der Waals surface area contributed by atoms with E-state index in [1.54, 1.807) is 6.20 Å². The molecule has 1 fully saturated rings. The second kappa shape index (κ2) is 7.00. The lowest BCUT2D eigenvalue weighted by Crippen LogP contribution is -2.50. The fraction of sp³-hybridized carbons (Fsp3) is 0.250. The third-order valence-electron chi connectivity index (χ3n) is 4.72. The number of hydrogen-bond acceptors (Lipinski definition) is 4. The number of amides is 2. The number of carbonyl (C=O) groups excluding carboxylic acids is 1. The molecule has 4 rings (SSSR count). The Balaban J connectivity index is 1.42. The second-order valence-electron chi connectivity index (χ2n) is 6.47. The van der Waals surface area contributed by atoms with Gasteiger partial charge in [0.15, 0.2) is 0 Å². The molecule has 26 heavy (non-hydrogen) atoms. The van der Waals surface area contributed by atoms with Crippen LogP contribution in [0.4, 0.5) is 16.2 Å². The van der Waals surface area contributed by atoms with E-state index in [1.807, 2.05) is 48.5 Å². The van der Waals surface area contributed by atoms with Crippen LogP contribution in [0.5, 0.6) is 0 Å². The van der Waals surface area contributed by atoms with Crippen molar-refractivity contribution in [1.82, 2.24) is 14.9 Å². The number of rotatable bonds is 2. The van der Waals surface area contributed by atoms with Crippen molar-refractivity contribution in [3.05, 3.63) is 60.7 Å². The summed E-state index contributed by atoms with van der Waals surface area (Å²) in [5, 5.41) is 5.25. The quantitative estimate of drug-likeness (QED) is 0.773. The van der Waals surface area contributed by atoms with Crippen LogP contribution >= 0.6 is 0 Å². The highest BCUT2D eigenvalue weighted by molar-refractivity contribution is 5.93. The molecule has 0 aliphatic carbocycles. The first-order valence-corrected chi connectivity index (χ1v) is 8.77. The van der Waals surface area contributed by atoms with E-state index in [-0.39, 0.29) is 6.03 Å². The number of urea groups is 1. The van der Waals surface area contributed by atoms with Gasteiger partial charge in [-0.05, 0) is 19.1 Å². The summed E-state index contributed by atoms with van der Waals surface area (Å²) >= 11 is 0. The fourth-order valence-electron chi connectivity index (χ4n) is 3.25. The van der Waals surface area contributed by atoms with E-state index in [4.69, 9.17) is 0 Å². The van der Waals surface area contributed by atoms with Gasteiger partial charge in [-0.3, -0.25) is 9.97 Å². The lowest BCUT2D eigenvalue weighted by Gasteiger charge is -2.36. The SMILES string of the molecule is Cc1ccc(NC(=O)N2CCN(c3cncc4ccccc34)CC2)cn1. The van der Waals surface area contributed by atoms with E-state index in [0.29, 0.717) is 13.1 Å². The predicted octanol–water partition coefficient (Wildman–Crippen LogP) is 3.29. The Morgan fingerprint density at radius 3 is 2.58 bits per heavy atom. The van der Waals surface area contributed by atoms with Gasteiger partial charge in [0.05, 0.1) is 23.8 Å². The summed E-state index contributed by atoms with van der Waals surface area (Å²) in [6, 6.07) is 12.0. The van der Waals surface area contributed by atoms with Crippen LogP contribution in [0.15, 0.2) is 55.0 Å². The number of anilines is 2. The zero-order chi connectivity index (χ0) is 17.9. The van der Waals surface area contributed by atoms with Gasteiger partial charge in [-0.2, -0.15) is 0 Å². The second-order valence-corrected chi connectivity index (χ2v) is 6.47. The van der Waals surface area contributed by atoms with Crippen molar-refractivity contribution in [2.45, 2.75) is 6.92 Å². The smallest absolute Gasteiger partial charge is 0.322 e. The van der Waals surface area contributed by atoms with Gasteiger partial charge in [-0.25, -0.2) is 4.79 Å². The molecule has 1 N–H and O–H groups in total. The zero-order valence-corrected chi connectivity index (χ0v) is 14.7. The molecule has 1 aliphatic heterocycles. The lowest BCUT2D eigenvalue weighted by atomic mass is 10.1. The Morgan fingerprint density at radius 1 is 1.00 bits per heavy atom. The average molecular weight is 347 g/mol. The van der Waals surface area contributed by atoms with Crippen LogP contribution in [0.1, 0.15) is 5.69 Å². The molecule has 0 unspecified atom stereocenters. The van der Waals surface area contributed by atoms with Crippen LogP contribution in [0, 0.1) is 6.92 Å². The van der Waals surface area contributed by atoms with E-state index in [1.165, 1.54) is 5.39 Å². The molecule has 3 heterocycles. The maximum Gasteiger partial charge on any atom is 0.322 e. The van der Waals surface area contributed by atoms with E-state index >= 15 is 0 Å². The van der Waals surface area contributed by atoms with Crippen molar-refractivity contribution in [3.63, 3.8) is 0 Å². The van der Waals surface area contributed by atoms with Gasteiger partial charge in [0.25, 0.3) is 0 Å². The molecule has 0 radical (unpaired) electrons. The van der Waals surface area contributed by atoms with Gasteiger partial charge in [-0.15, -0.1) is 0 Å². The molecule has 1 aliphatic rings. The number of aryl methyl sites for hydroxylation is 1. The number of nitrogens with zero attached hydrogens (tertiary/aromatic N) is 4. The summed E-state index contributed by atoms with van der Waals surface area (Å²) < 4.78 is 0. The molecule has 1 aromatic carbocycles. The standard InChI is InChI=1S/C20H21N5O/c1-15-6-7-17(13-22-15)23-20(26)25-10-8-24(9-11-25)19-14-21-12-16-4-2-3-5-18(16)19/h2-7,12-14H,8-11H2,1H3,(H,23,26). The van der Waals surface area contributed by atoms with Gasteiger partial charge in [0.1, 0.15) is 0 Å². The van der Waals surface area contributed by atoms with Crippen molar-refractivity contribution >= 4 is 28.2 Å². The summed E-state index contributed by atoms with van der Waals surface area (Å²) in [5.41, 5.74) is 2.78. The highest BCUT2D eigenvalue weighted by Gasteiger charge is 2.22. The van der Waals surface area contributed by atoms with Crippen LogP contribution in [-0.2, 0) is 0 Å². The molecule has 2 aromatic heterocycles. The zero-order valence-electron chi connectivity index (χ0n) is 14.7. The lowest BCUT2D eigenvalue weighted by molar-refractivity contribution is 0.208. The topological polar surface area (TPSA) is 61.4 Å². The van der Waals surface area contributed by atoms with Crippen molar-refractivity contribution in [2.75, 3.05) is 36.4 Å². The summed E-state index contributed by atoms with van der Waals surface area (Å²) in [6.07, 6.45) is 5.49. The van der Waals surface area contributed by atoms with Gasteiger partial charge >= 0.3 is 6.03 Å². The van der Waals surface area contributed by atoms with Gasteiger partial charge < -0.3 is 15.1 Å². The number of fused-ring (bicyclic) bond motifs is 1. The largest absolute Gasteiger partial charge is 0.366 e. The Morgan fingerprint density at radius 2 is 1.81 bits per heavy atom. The molecule has 0 atom stereocenters. The van der Waals surface area contributed by atoms with Crippen LogP contribution in [-0.4, -0.2) is 47.1 Å². The Hall–Kier alpha value is -3.15. The molecule has 1 saturated heterocycles. The monoisotopic (exact) mass is 347 g/mol. The Kier molecular flexibility index (Phi) is 4.39. The summed E-state index contributed by atoms with van der Waals surface area (Å²) in [7, 11) is 0. The fourth-order valence-corrected chi connectivity index (χ4v) is 3.25. The molecule has 2 amide bonds. The third kappa shape index (κ3) is 3.31. The van der Waals surface area contributed by atoms with Crippen LogP contribution in [0.25, 0.3) is 10.8 Å². The van der Waals surface area contributed by atoms with Crippen molar-refractivity contribution in [2.24, 2.45) is 0 Å². The summed E-state index contributed by atoms with van der Waals surface area (Å²) in [6.45, 7) is 4.85. The minimum absolute atomic E-state index is 0.0775. The molecular formula is C20H21N5O. The van der Waals surface area contributed by atoms with Crippen molar-refractivity contribution < 1.29 is 4.79 Å². The normalized spacial score (nSPS) is 14.5. The number of piperazine rings is 1. The Bertz CT molecular complexity index is 912. The third-order valence-corrected chi connectivity index (χ3v) is 4.72. The molecule has 3 aromatic rings. The molecule has 0 spiro atoms. The van der Waals surface area contributed by atoms with Crippen LogP contribution in [0.3, 0.4) is 0 Å². The first kappa shape index (κ1) is 16.3. The minimum atomic E-state index is -0.0775. The molecule has 0 bridgehead atoms.